The first-order chi connectivity index (χ1) is 9.73. The van der Waals surface area contributed by atoms with E-state index < -0.39 is 14.9 Å². The molecule has 0 unspecified atom stereocenters. The first-order valence-electron chi connectivity index (χ1n) is 6.20. The normalized spacial score (nSPS) is 17.0. The van der Waals surface area contributed by atoms with E-state index in [1.807, 2.05) is 0 Å². The van der Waals surface area contributed by atoms with Crippen LogP contribution in [0.25, 0.3) is 0 Å². The maximum atomic E-state index is 12.5. The van der Waals surface area contributed by atoms with Crippen molar-refractivity contribution in [3.05, 3.63) is 32.8 Å². The van der Waals surface area contributed by atoms with Gasteiger partial charge in [0.15, 0.2) is 0 Å². The van der Waals surface area contributed by atoms with E-state index in [9.17, 15) is 23.3 Å². The van der Waals surface area contributed by atoms with Crippen LogP contribution in [0.2, 0.25) is 5.02 Å². The molecule has 0 spiro atoms. The molecule has 1 saturated heterocycles. The first-order valence-corrected chi connectivity index (χ1v) is 8.01. The van der Waals surface area contributed by atoms with Crippen LogP contribution in [0.5, 0.6) is 0 Å². The fraction of sp³-hybridized carbons (Fsp3) is 0.417. The smallest absolute Gasteiger partial charge is 0.275 e. The quantitative estimate of drug-likeness (QED) is 0.622. The highest BCUT2D eigenvalue weighted by Gasteiger charge is 2.30. The molecule has 1 fully saturated rings. The maximum Gasteiger partial charge on any atom is 0.275 e. The number of hydrogen-bond donors (Lipinski definition) is 0. The van der Waals surface area contributed by atoms with E-state index in [4.69, 9.17) is 11.6 Å². The van der Waals surface area contributed by atoms with Gasteiger partial charge in [-0.2, -0.15) is 4.31 Å². The standard InChI is InChI=1S/C12H13ClN2O5S/c1-8-11(13)6-10(7-12(8)15(17)18)21(19,20)14-4-2-9(16)3-5-14/h6-7H,2-5H2,1H3. The van der Waals surface area contributed by atoms with Crippen LogP contribution in [0.3, 0.4) is 0 Å². The van der Waals surface area contributed by atoms with Crippen molar-refractivity contribution in [2.75, 3.05) is 13.1 Å². The zero-order valence-electron chi connectivity index (χ0n) is 11.2. The Bertz CT molecular complexity index is 707. The van der Waals surface area contributed by atoms with Gasteiger partial charge in [-0.3, -0.25) is 14.9 Å². The highest BCUT2D eigenvalue weighted by molar-refractivity contribution is 7.89. The minimum absolute atomic E-state index is 0.00868. The number of hydrogen-bond acceptors (Lipinski definition) is 5. The summed E-state index contributed by atoms with van der Waals surface area (Å²) >= 11 is 5.89. The van der Waals surface area contributed by atoms with Gasteiger partial charge in [0.2, 0.25) is 10.0 Å². The number of rotatable bonds is 3. The van der Waals surface area contributed by atoms with Crippen LogP contribution in [0, 0.1) is 17.0 Å². The number of nitrogens with zero attached hydrogens (tertiary/aromatic N) is 2. The number of piperidine rings is 1. The summed E-state index contributed by atoms with van der Waals surface area (Å²) < 4.78 is 26.1. The van der Waals surface area contributed by atoms with Gasteiger partial charge >= 0.3 is 0 Å². The second-order valence-corrected chi connectivity index (χ2v) is 7.09. The molecule has 0 radical (unpaired) electrons. The molecule has 0 bridgehead atoms. The lowest BCUT2D eigenvalue weighted by Crippen LogP contribution is -2.38. The molecule has 114 valence electrons. The van der Waals surface area contributed by atoms with Gasteiger partial charge in [0.25, 0.3) is 5.69 Å². The van der Waals surface area contributed by atoms with Gasteiger partial charge < -0.3 is 0 Å². The van der Waals surface area contributed by atoms with Gasteiger partial charge in [-0.05, 0) is 13.0 Å². The second-order valence-electron chi connectivity index (χ2n) is 4.75. The fourth-order valence-corrected chi connectivity index (χ4v) is 3.87. The number of carbonyl (C=O) groups excluding carboxylic acids is 1. The van der Waals surface area contributed by atoms with Crippen LogP contribution in [-0.2, 0) is 14.8 Å². The van der Waals surface area contributed by atoms with Crippen LogP contribution >= 0.6 is 11.6 Å². The van der Waals surface area contributed by atoms with Crippen LogP contribution in [-0.4, -0.2) is 36.5 Å². The molecular weight excluding hydrogens is 320 g/mol. The third-order valence-electron chi connectivity index (χ3n) is 3.40. The molecule has 1 heterocycles. The average Bonchev–Trinajstić information content (AvgIpc) is 2.41. The zero-order valence-corrected chi connectivity index (χ0v) is 12.8. The Kier molecular flexibility index (Phi) is 4.31. The Morgan fingerprint density at radius 1 is 1.29 bits per heavy atom. The molecule has 0 saturated carbocycles. The lowest BCUT2D eigenvalue weighted by molar-refractivity contribution is -0.385. The Labute approximate surface area is 126 Å². The number of sulfonamides is 1. The van der Waals surface area contributed by atoms with E-state index in [0.29, 0.717) is 0 Å². The maximum absolute atomic E-state index is 12.5. The summed E-state index contributed by atoms with van der Waals surface area (Å²) in [5.41, 5.74) is -0.122. The highest BCUT2D eigenvalue weighted by atomic mass is 35.5. The lowest BCUT2D eigenvalue weighted by Gasteiger charge is -2.25. The molecule has 0 N–H and O–H groups in total. The summed E-state index contributed by atoms with van der Waals surface area (Å²) in [4.78, 5) is 21.3. The van der Waals surface area contributed by atoms with Crippen LogP contribution in [0.1, 0.15) is 18.4 Å². The monoisotopic (exact) mass is 332 g/mol. The van der Waals surface area contributed by atoms with Gasteiger partial charge in [-0.1, -0.05) is 11.6 Å². The molecule has 1 aromatic carbocycles. The van der Waals surface area contributed by atoms with Crippen molar-refractivity contribution < 1.29 is 18.1 Å². The lowest BCUT2D eigenvalue weighted by atomic mass is 10.1. The van der Waals surface area contributed by atoms with E-state index in [-0.39, 0.29) is 52.9 Å². The Balaban J connectivity index is 2.45. The molecule has 0 aromatic heterocycles. The number of benzene rings is 1. The number of carbonyl (C=O) groups is 1. The van der Waals surface area contributed by atoms with Crippen molar-refractivity contribution in [2.24, 2.45) is 0 Å². The van der Waals surface area contributed by atoms with Crippen molar-refractivity contribution in [2.45, 2.75) is 24.7 Å². The van der Waals surface area contributed by atoms with E-state index in [1.165, 1.54) is 13.0 Å². The topological polar surface area (TPSA) is 97.6 Å². The van der Waals surface area contributed by atoms with Crippen LogP contribution < -0.4 is 0 Å². The molecule has 9 heteroatoms. The molecule has 0 amide bonds. The fourth-order valence-electron chi connectivity index (χ4n) is 2.10. The zero-order chi connectivity index (χ0) is 15.8. The largest absolute Gasteiger partial charge is 0.300 e. The van der Waals surface area contributed by atoms with Gasteiger partial charge in [-0.25, -0.2) is 8.42 Å². The molecule has 21 heavy (non-hydrogen) atoms. The summed E-state index contributed by atoms with van der Waals surface area (Å²) in [6, 6.07) is 2.21. The van der Waals surface area contributed by atoms with E-state index >= 15 is 0 Å². The summed E-state index contributed by atoms with van der Waals surface area (Å²) in [6.07, 6.45) is 0.307. The molecule has 2 rings (SSSR count). The van der Waals surface area contributed by atoms with E-state index in [2.05, 4.69) is 0 Å². The van der Waals surface area contributed by atoms with Gasteiger partial charge in [-0.15, -0.1) is 0 Å². The molecule has 0 atom stereocenters. The third kappa shape index (κ3) is 3.07. The van der Waals surface area contributed by atoms with Gasteiger partial charge in [0.1, 0.15) is 5.78 Å². The molecule has 1 aromatic rings. The Morgan fingerprint density at radius 3 is 2.38 bits per heavy atom. The van der Waals surface area contributed by atoms with Crippen molar-refractivity contribution >= 4 is 33.1 Å². The summed E-state index contributed by atoms with van der Waals surface area (Å²) in [7, 11) is -3.89. The SMILES string of the molecule is Cc1c(Cl)cc(S(=O)(=O)N2CCC(=O)CC2)cc1[N+](=O)[O-]. The number of nitro groups is 1. The highest BCUT2D eigenvalue weighted by Crippen LogP contribution is 2.31. The average molecular weight is 333 g/mol. The molecule has 0 aliphatic carbocycles. The molecule has 1 aliphatic heterocycles. The number of nitro benzene ring substituents is 1. The van der Waals surface area contributed by atoms with Crippen molar-refractivity contribution in [3.8, 4) is 0 Å². The van der Waals surface area contributed by atoms with E-state index in [0.717, 1.165) is 10.4 Å². The molecular formula is C12H13ClN2O5S. The second kappa shape index (κ2) is 5.70. The van der Waals surface area contributed by atoms with Crippen molar-refractivity contribution in [1.29, 1.82) is 0 Å². The third-order valence-corrected chi connectivity index (χ3v) is 5.67. The minimum atomic E-state index is -3.89. The van der Waals surface area contributed by atoms with Gasteiger partial charge in [0.05, 0.1) is 14.8 Å². The summed E-state index contributed by atoms with van der Waals surface area (Å²) in [5.74, 6) is 0.00868. The Hall–Kier alpha value is -1.51. The summed E-state index contributed by atoms with van der Waals surface area (Å²) in [5, 5.41) is 11.0. The van der Waals surface area contributed by atoms with Gasteiger partial charge in [0, 0.05) is 37.6 Å². The van der Waals surface area contributed by atoms with Crippen LogP contribution in [0.4, 0.5) is 5.69 Å². The summed E-state index contributed by atoms with van der Waals surface area (Å²) in [6.45, 7) is 1.62. The first kappa shape index (κ1) is 15.9. The van der Waals surface area contributed by atoms with Crippen molar-refractivity contribution in [3.63, 3.8) is 0 Å². The Morgan fingerprint density at radius 2 is 1.86 bits per heavy atom. The number of halogens is 1. The predicted molar refractivity (Wildman–Crippen MR) is 75.8 cm³/mol. The molecule has 1 aliphatic rings. The van der Waals surface area contributed by atoms with Crippen LogP contribution in [0.15, 0.2) is 17.0 Å². The predicted octanol–water partition coefficient (Wildman–Crippen LogP) is 1.91. The van der Waals surface area contributed by atoms with E-state index in [1.54, 1.807) is 0 Å². The number of Topliss-reactive ketones (excluding diaryl/α,β-unsaturated/α-hetero) is 1. The molecule has 7 nitrogen and oxygen atoms in total. The minimum Gasteiger partial charge on any atom is -0.300 e. The van der Waals surface area contributed by atoms with Crippen molar-refractivity contribution in [1.82, 2.24) is 4.31 Å². The number of ketones is 1.